The van der Waals surface area contributed by atoms with Gasteiger partial charge >= 0.3 is 5.69 Å². The van der Waals surface area contributed by atoms with E-state index in [2.05, 4.69) is 70.1 Å². The zero-order chi connectivity index (χ0) is 25.9. The van der Waals surface area contributed by atoms with Crippen LogP contribution in [0.15, 0.2) is 66.0 Å². The second-order valence-corrected chi connectivity index (χ2v) is 9.63. The van der Waals surface area contributed by atoms with E-state index >= 15 is 0 Å². The summed E-state index contributed by atoms with van der Waals surface area (Å²) in [5.41, 5.74) is 6.03. The zero-order valence-electron chi connectivity index (χ0n) is 21.7. The summed E-state index contributed by atoms with van der Waals surface area (Å²) in [6.07, 6.45) is 10.7. The molecule has 9 heteroatoms. The number of rotatable bonds is 9. The molecule has 37 heavy (non-hydrogen) atoms. The van der Waals surface area contributed by atoms with Gasteiger partial charge in [0.15, 0.2) is 0 Å². The summed E-state index contributed by atoms with van der Waals surface area (Å²) in [5, 5.41) is 14.2. The SMILES string of the molecule is CCCCc1cn(-c2c(C)ccn2C(C)C)c(=O)n1Cc1cnccc1-c1ccc(-c2nn[nH]n2)cc1. The lowest BCUT2D eigenvalue weighted by Crippen LogP contribution is -2.27. The molecule has 0 unspecified atom stereocenters. The van der Waals surface area contributed by atoms with Gasteiger partial charge in [-0.1, -0.05) is 37.6 Å². The number of nitrogens with zero attached hydrogens (tertiary/aromatic N) is 7. The quantitative estimate of drug-likeness (QED) is 0.311. The van der Waals surface area contributed by atoms with Crippen molar-refractivity contribution >= 4 is 0 Å². The Hall–Kier alpha value is -4.27. The third-order valence-electron chi connectivity index (χ3n) is 6.75. The molecule has 0 spiro atoms. The molecule has 190 valence electrons. The van der Waals surface area contributed by atoms with E-state index in [9.17, 15) is 4.79 Å². The summed E-state index contributed by atoms with van der Waals surface area (Å²) in [6.45, 7) is 8.94. The van der Waals surface area contributed by atoms with Gasteiger partial charge in [0.05, 0.1) is 6.54 Å². The minimum Gasteiger partial charge on any atom is -0.331 e. The molecule has 0 radical (unpaired) electrons. The molecule has 1 N–H and O–H groups in total. The van der Waals surface area contributed by atoms with E-state index in [0.29, 0.717) is 12.4 Å². The predicted molar refractivity (Wildman–Crippen MR) is 144 cm³/mol. The third kappa shape index (κ3) is 4.76. The first-order valence-electron chi connectivity index (χ1n) is 12.7. The van der Waals surface area contributed by atoms with Gasteiger partial charge in [0.25, 0.3) is 0 Å². The first-order chi connectivity index (χ1) is 18.0. The van der Waals surface area contributed by atoms with Crippen molar-refractivity contribution in [3.05, 3.63) is 88.5 Å². The summed E-state index contributed by atoms with van der Waals surface area (Å²) in [5.74, 6) is 1.48. The summed E-state index contributed by atoms with van der Waals surface area (Å²) in [4.78, 5) is 18.3. The van der Waals surface area contributed by atoms with Crippen LogP contribution in [0.4, 0.5) is 0 Å². The molecule has 0 saturated carbocycles. The molecule has 9 nitrogen and oxygen atoms in total. The molecule has 0 bridgehead atoms. The second kappa shape index (κ2) is 10.4. The number of unbranched alkanes of at least 4 members (excludes halogenated alkanes) is 1. The second-order valence-electron chi connectivity index (χ2n) is 9.63. The fourth-order valence-corrected chi connectivity index (χ4v) is 4.77. The van der Waals surface area contributed by atoms with E-state index in [1.54, 1.807) is 6.20 Å². The van der Waals surface area contributed by atoms with E-state index in [0.717, 1.165) is 58.6 Å². The monoisotopic (exact) mass is 496 g/mol. The van der Waals surface area contributed by atoms with Gasteiger partial charge < -0.3 is 4.57 Å². The van der Waals surface area contributed by atoms with Crippen LogP contribution in [0, 0.1) is 6.92 Å². The van der Waals surface area contributed by atoms with Crippen LogP contribution in [0.25, 0.3) is 28.3 Å². The Morgan fingerprint density at radius 2 is 1.84 bits per heavy atom. The van der Waals surface area contributed by atoms with E-state index < -0.39 is 0 Å². The van der Waals surface area contributed by atoms with E-state index in [4.69, 9.17) is 0 Å². The van der Waals surface area contributed by atoms with Gasteiger partial charge in [0, 0.05) is 42.1 Å². The van der Waals surface area contributed by atoms with Crippen molar-refractivity contribution in [2.75, 3.05) is 0 Å². The average Bonchev–Trinajstić information content (AvgIpc) is 3.64. The standard InChI is InChI=1S/C28H32N8O/c1-5-6-7-24-18-36(27-20(4)13-15-34(27)19(2)3)28(37)35(24)17-23-16-29-14-12-25(23)21-8-10-22(11-9-21)26-30-32-33-31-26/h8-16,18-19H,5-7,17H2,1-4H3,(H,30,31,32,33). The van der Waals surface area contributed by atoms with E-state index in [-0.39, 0.29) is 11.7 Å². The van der Waals surface area contributed by atoms with Gasteiger partial charge in [-0.25, -0.2) is 4.79 Å². The van der Waals surface area contributed by atoms with E-state index in [1.165, 1.54) is 0 Å². The van der Waals surface area contributed by atoms with Crippen molar-refractivity contribution in [3.8, 4) is 28.3 Å². The van der Waals surface area contributed by atoms with Crippen LogP contribution in [0.3, 0.4) is 0 Å². The lowest BCUT2D eigenvalue weighted by atomic mass is 10.00. The number of hydrogen-bond donors (Lipinski definition) is 1. The Labute approximate surface area is 215 Å². The topological polar surface area (TPSA) is 99.2 Å². The van der Waals surface area contributed by atoms with Crippen molar-refractivity contribution in [2.45, 2.75) is 59.5 Å². The smallest absolute Gasteiger partial charge is 0.331 e. The maximum atomic E-state index is 13.9. The number of tetrazole rings is 1. The highest BCUT2D eigenvalue weighted by Crippen LogP contribution is 2.27. The van der Waals surface area contributed by atoms with Crippen LogP contribution in [0.1, 0.15) is 56.5 Å². The van der Waals surface area contributed by atoms with Crippen molar-refractivity contribution in [2.24, 2.45) is 0 Å². The highest BCUT2D eigenvalue weighted by Gasteiger charge is 2.19. The Morgan fingerprint density at radius 3 is 2.54 bits per heavy atom. The molecular formula is C28H32N8O. The number of benzene rings is 1. The minimum atomic E-state index is -0.0305. The first kappa shape index (κ1) is 24.4. The number of hydrogen-bond acceptors (Lipinski definition) is 5. The number of H-pyrrole nitrogens is 1. The minimum absolute atomic E-state index is 0.0305. The van der Waals surface area contributed by atoms with Gasteiger partial charge in [-0.3, -0.25) is 14.1 Å². The van der Waals surface area contributed by atoms with Crippen LogP contribution in [0.2, 0.25) is 0 Å². The molecule has 0 aliphatic rings. The molecule has 0 atom stereocenters. The predicted octanol–water partition coefficient (Wildman–Crippen LogP) is 4.96. The van der Waals surface area contributed by atoms with E-state index in [1.807, 2.05) is 51.9 Å². The summed E-state index contributed by atoms with van der Waals surface area (Å²) < 4.78 is 5.88. The fourth-order valence-electron chi connectivity index (χ4n) is 4.77. The fraction of sp³-hybridized carbons (Fsp3) is 0.321. The Bertz CT molecular complexity index is 1540. The Balaban J connectivity index is 1.55. The highest BCUT2D eigenvalue weighted by molar-refractivity contribution is 5.70. The van der Waals surface area contributed by atoms with Crippen LogP contribution in [0.5, 0.6) is 0 Å². The van der Waals surface area contributed by atoms with Crippen molar-refractivity contribution < 1.29 is 0 Å². The van der Waals surface area contributed by atoms with Crippen LogP contribution < -0.4 is 5.69 Å². The highest BCUT2D eigenvalue weighted by atomic mass is 16.1. The lowest BCUT2D eigenvalue weighted by molar-refractivity contribution is 0.582. The van der Waals surface area contributed by atoms with Gasteiger partial charge in [0.2, 0.25) is 5.82 Å². The molecule has 1 aromatic carbocycles. The zero-order valence-corrected chi connectivity index (χ0v) is 21.7. The molecule has 4 heterocycles. The largest absolute Gasteiger partial charge is 0.334 e. The number of aromatic amines is 1. The number of aryl methyl sites for hydroxylation is 2. The maximum Gasteiger partial charge on any atom is 0.334 e. The molecular weight excluding hydrogens is 464 g/mol. The average molecular weight is 497 g/mol. The van der Waals surface area contributed by atoms with Gasteiger partial charge in [-0.15, -0.1) is 10.2 Å². The summed E-state index contributed by atoms with van der Waals surface area (Å²) in [7, 11) is 0. The van der Waals surface area contributed by atoms with Gasteiger partial charge in [0.1, 0.15) is 5.82 Å². The van der Waals surface area contributed by atoms with Crippen LogP contribution >= 0.6 is 0 Å². The Morgan fingerprint density at radius 1 is 1.05 bits per heavy atom. The lowest BCUT2D eigenvalue weighted by Gasteiger charge is -2.14. The molecule has 4 aromatic heterocycles. The Kier molecular flexibility index (Phi) is 6.85. The number of nitrogens with one attached hydrogen (secondary N) is 1. The molecule has 0 aliphatic heterocycles. The first-order valence-corrected chi connectivity index (χ1v) is 12.7. The molecule has 0 fully saturated rings. The summed E-state index contributed by atoms with van der Waals surface area (Å²) >= 11 is 0. The van der Waals surface area contributed by atoms with Crippen molar-refractivity contribution in [1.82, 2.24) is 39.3 Å². The molecule has 0 aliphatic carbocycles. The third-order valence-corrected chi connectivity index (χ3v) is 6.75. The molecule has 0 saturated heterocycles. The number of imidazole rings is 1. The molecule has 5 aromatic rings. The van der Waals surface area contributed by atoms with Crippen LogP contribution in [-0.2, 0) is 13.0 Å². The van der Waals surface area contributed by atoms with Gasteiger partial charge in [-0.05, 0) is 73.2 Å². The molecule has 0 amide bonds. The van der Waals surface area contributed by atoms with Gasteiger partial charge in [-0.2, -0.15) is 5.21 Å². The van der Waals surface area contributed by atoms with Crippen LogP contribution in [-0.4, -0.2) is 39.3 Å². The van der Waals surface area contributed by atoms with Crippen molar-refractivity contribution in [3.63, 3.8) is 0 Å². The molecule has 5 rings (SSSR count). The summed E-state index contributed by atoms with van der Waals surface area (Å²) in [6, 6.07) is 12.3. The number of aromatic nitrogens is 8. The normalized spacial score (nSPS) is 11.5. The maximum absolute atomic E-state index is 13.9. The van der Waals surface area contributed by atoms with Crippen molar-refractivity contribution in [1.29, 1.82) is 0 Å². The number of pyridine rings is 1.